The molecule has 1 fully saturated rings. The minimum atomic E-state index is -0.941. The van der Waals surface area contributed by atoms with Gasteiger partial charge in [0.15, 0.2) is 0 Å². The first-order valence-corrected chi connectivity index (χ1v) is 6.41. The van der Waals surface area contributed by atoms with Gasteiger partial charge in [-0.3, -0.25) is 0 Å². The van der Waals surface area contributed by atoms with Crippen LogP contribution in [0.5, 0.6) is 5.75 Å². The van der Waals surface area contributed by atoms with Crippen molar-refractivity contribution in [3.63, 3.8) is 0 Å². The number of hydrogen-bond donors (Lipinski definition) is 2. The van der Waals surface area contributed by atoms with Crippen LogP contribution in [-0.4, -0.2) is 43.5 Å². The molecule has 2 rings (SSSR count). The van der Waals surface area contributed by atoms with Crippen LogP contribution in [0.4, 0.5) is 0 Å². The van der Waals surface area contributed by atoms with E-state index >= 15 is 0 Å². The smallest absolute Gasteiger partial charge is 0.335 e. The zero-order valence-corrected chi connectivity index (χ0v) is 11.0. The van der Waals surface area contributed by atoms with Crippen molar-refractivity contribution >= 4 is 5.97 Å². The summed E-state index contributed by atoms with van der Waals surface area (Å²) in [5.74, 6) is -0.353. The molecule has 0 unspecified atom stereocenters. The van der Waals surface area contributed by atoms with Crippen LogP contribution in [0.2, 0.25) is 0 Å². The average molecular weight is 265 g/mol. The Balaban J connectivity index is 1.66. The van der Waals surface area contributed by atoms with Gasteiger partial charge in [0.2, 0.25) is 0 Å². The van der Waals surface area contributed by atoms with Gasteiger partial charge in [0.1, 0.15) is 12.4 Å². The lowest BCUT2D eigenvalue weighted by molar-refractivity contribution is 0.0167. The molecule has 0 aliphatic heterocycles. The van der Waals surface area contributed by atoms with Gasteiger partial charge in [0.25, 0.3) is 0 Å². The molecule has 1 aromatic carbocycles. The number of carboxylic acid groups (broad SMARTS) is 1. The quantitative estimate of drug-likeness (QED) is 0.732. The summed E-state index contributed by atoms with van der Waals surface area (Å²) in [6.07, 6.45) is 2.49. The molecule has 1 aromatic rings. The van der Waals surface area contributed by atoms with Crippen molar-refractivity contribution < 1.29 is 19.4 Å². The Labute approximate surface area is 112 Å². The molecule has 2 N–H and O–H groups in total. The molecule has 5 heteroatoms. The molecular formula is C14H19NO4. The molecule has 19 heavy (non-hydrogen) atoms. The molecule has 1 saturated carbocycles. The third-order valence-electron chi connectivity index (χ3n) is 3.31. The van der Waals surface area contributed by atoms with E-state index in [2.05, 4.69) is 5.32 Å². The Morgan fingerprint density at radius 2 is 2.26 bits per heavy atom. The summed E-state index contributed by atoms with van der Waals surface area (Å²) in [6, 6.07) is 7.04. The highest BCUT2D eigenvalue weighted by Gasteiger charge is 2.27. The van der Waals surface area contributed by atoms with Crippen LogP contribution in [0, 0.1) is 0 Å². The van der Waals surface area contributed by atoms with E-state index in [1.165, 1.54) is 6.07 Å². The highest BCUT2D eigenvalue weighted by Crippen LogP contribution is 2.22. The maximum Gasteiger partial charge on any atom is 0.335 e. The predicted molar refractivity (Wildman–Crippen MR) is 70.7 cm³/mol. The van der Waals surface area contributed by atoms with Crippen LogP contribution in [-0.2, 0) is 4.74 Å². The lowest BCUT2D eigenvalue weighted by Crippen LogP contribution is -2.46. The third kappa shape index (κ3) is 3.94. The zero-order chi connectivity index (χ0) is 13.7. The van der Waals surface area contributed by atoms with Crippen molar-refractivity contribution in [3.8, 4) is 5.75 Å². The van der Waals surface area contributed by atoms with Crippen LogP contribution in [0.25, 0.3) is 0 Å². The second kappa shape index (κ2) is 6.54. The lowest BCUT2D eigenvalue weighted by atomic mass is 9.89. The molecule has 0 atom stereocenters. The molecule has 0 radical (unpaired) electrons. The van der Waals surface area contributed by atoms with Crippen molar-refractivity contribution in [2.75, 3.05) is 20.3 Å². The van der Waals surface area contributed by atoms with E-state index in [0.29, 0.717) is 24.5 Å². The number of methoxy groups -OCH3 is 1. The van der Waals surface area contributed by atoms with Crippen molar-refractivity contribution in [1.82, 2.24) is 5.32 Å². The number of aromatic carboxylic acids is 1. The number of rotatable bonds is 7. The van der Waals surface area contributed by atoms with Gasteiger partial charge in [-0.1, -0.05) is 6.07 Å². The summed E-state index contributed by atoms with van der Waals surface area (Å²) in [4.78, 5) is 10.8. The maximum absolute atomic E-state index is 10.8. The first kappa shape index (κ1) is 13.8. The highest BCUT2D eigenvalue weighted by molar-refractivity contribution is 5.87. The normalized spacial score (nSPS) is 21.7. The van der Waals surface area contributed by atoms with Gasteiger partial charge < -0.3 is 19.9 Å². The minimum absolute atomic E-state index is 0.243. The monoisotopic (exact) mass is 265 g/mol. The number of carbonyl (C=O) groups is 1. The Morgan fingerprint density at radius 1 is 1.47 bits per heavy atom. The summed E-state index contributed by atoms with van der Waals surface area (Å²) >= 11 is 0. The zero-order valence-electron chi connectivity index (χ0n) is 11.0. The summed E-state index contributed by atoms with van der Waals surface area (Å²) in [6.45, 7) is 1.27. The van der Waals surface area contributed by atoms with Crippen molar-refractivity contribution in [2.45, 2.75) is 25.0 Å². The van der Waals surface area contributed by atoms with Gasteiger partial charge in [-0.15, -0.1) is 0 Å². The van der Waals surface area contributed by atoms with Gasteiger partial charge in [0.05, 0.1) is 11.7 Å². The SMILES string of the molecule is COC1CC(NCCOc2cccc(C(=O)O)c2)C1. The van der Waals surface area contributed by atoms with Crippen LogP contribution < -0.4 is 10.1 Å². The third-order valence-corrected chi connectivity index (χ3v) is 3.31. The van der Waals surface area contributed by atoms with Crippen molar-refractivity contribution in [3.05, 3.63) is 29.8 Å². The summed E-state index contributed by atoms with van der Waals surface area (Å²) in [5, 5.41) is 12.2. The van der Waals surface area contributed by atoms with Crippen LogP contribution in [0.1, 0.15) is 23.2 Å². The maximum atomic E-state index is 10.8. The average Bonchev–Trinajstić information content (AvgIpc) is 2.36. The van der Waals surface area contributed by atoms with E-state index in [4.69, 9.17) is 14.6 Å². The number of carboxylic acids is 1. The fraction of sp³-hybridized carbons (Fsp3) is 0.500. The van der Waals surface area contributed by atoms with Crippen molar-refractivity contribution in [1.29, 1.82) is 0 Å². The second-order valence-corrected chi connectivity index (χ2v) is 4.66. The molecular weight excluding hydrogens is 246 g/mol. The lowest BCUT2D eigenvalue weighted by Gasteiger charge is -2.34. The van der Waals surface area contributed by atoms with Crippen LogP contribution in [0.3, 0.4) is 0 Å². The molecule has 0 spiro atoms. The largest absolute Gasteiger partial charge is 0.492 e. The van der Waals surface area contributed by atoms with Gasteiger partial charge in [-0.05, 0) is 31.0 Å². The number of benzene rings is 1. The summed E-state index contributed by atoms with van der Waals surface area (Å²) < 4.78 is 10.7. The van der Waals surface area contributed by atoms with E-state index < -0.39 is 5.97 Å². The molecule has 104 valence electrons. The number of nitrogens with one attached hydrogen (secondary N) is 1. The number of ether oxygens (including phenoxy) is 2. The molecule has 1 aliphatic rings. The Kier molecular flexibility index (Phi) is 4.76. The van der Waals surface area contributed by atoms with Crippen LogP contribution in [0.15, 0.2) is 24.3 Å². The highest BCUT2D eigenvalue weighted by atomic mass is 16.5. The number of hydrogen-bond acceptors (Lipinski definition) is 4. The molecule has 0 heterocycles. The predicted octanol–water partition coefficient (Wildman–Crippen LogP) is 1.53. The Hall–Kier alpha value is -1.59. The molecule has 0 amide bonds. The first-order chi connectivity index (χ1) is 9.19. The van der Waals surface area contributed by atoms with Gasteiger partial charge in [-0.25, -0.2) is 4.79 Å². The molecule has 0 saturated heterocycles. The molecule has 5 nitrogen and oxygen atoms in total. The Bertz CT molecular complexity index is 429. The molecule has 1 aliphatic carbocycles. The van der Waals surface area contributed by atoms with E-state index in [1.54, 1.807) is 25.3 Å². The van der Waals surface area contributed by atoms with E-state index in [-0.39, 0.29) is 5.56 Å². The van der Waals surface area contributed by atoms with Gasteiger partial charge in [-0.2, -0.15) is 0 Å². The Morgan fingerprint density at radius 3 is 2.95 bits per heavy atom. The summed E-state index contributed by atoms with van der Waals surface area (Å²) in [7, 11) is 1.74. The van der Waals surface area contributed by atoms with E-state index in [0.717, 1.165) is 19.4 Å². The van der Waals surface area contributed by atoms with Crippen LogP contribution >= 0.6 is 0 Å². The topological polar surface area (TPSA) is 67.8 Å². The first-order valence-electron chi connectivity index (χ1n) is 6.41. The fourth-order valence-corrected chi connectivity index (χ4v) is 2.08. The molecule has 0 aromatic heterocycles. The van der Waals surface area contributed by atoms with E-state index in [9.17, 15) is 4.79 Å². The standard InChI is InChI=1S/C14H19NO4/c1-18-13-8-11(9-13)15-5-6-19-12-4-2-3-10(7-12)14(16)17/h2-4,7,11,13,15H,5-6,8-9H2,1H3,(H,16,17). The second-order valence-electron chi connectivity index (χ2n) is 4.66. The summed E-state index contributed by atoms with van der Waals surface area (Å²) in [5.41, 5.74) is 0.243. The van der Waals surface area contributed by atoms with Gasteiger partial charge >= 0.3 is 5.97 Å². The molecule has 0 bridgehead atoms. The fourth-order valence-electron chi connectivity index (χ4n) is 2.08. The van der Waals surface area contributed by atoms with Crippen molar-refractivity contribution in [2.24, 2.45) is 0 Å². The van der Waals surface area contributed by atoms with E-state index in [1.807, 2.05) is 0 Å². The van der Waals surface area contributed by atoms with Gasteiger partial charge in [0, 0.05) is 19.7 Å². The minimum Gasteiger partial charge on any atom is -0.492 e.